The van der Waals surface area contributed by atoms with Gasteiger partial charge in [0.2, 0.25) is 70.8 Å². The molecular formula is C56H84N12O21S. The van der Waals surface area contributed by atoms with E-state index in [9.17, 15) is 97.1 Å². The molecule has 1 aromatic carbocycles. The van der Waals surface area contributed by atoms with Gasteiger partial charge < -0.3 is 89.3 Å². The molecule has 10 atom stereocenters. The molecule has 2 rings (SSSR count). The molecule has 12 amide bonds. The number of aliphatic hydroxyl groups excluding tert-OH is 1. The number of hydrogen-bond acceptors (Lipinski definition) is 19. The lowest BCUT2D eigenvalue weighted by Gasteiger charge is -2.33. The van der Waals surface area contributed by atoms with Gasteiger partial charge in [0.1, 0.15) is 60.1 Å². The van der Waals surface area contributed by atoms with Crippen LogP contribution >= 0.6 is 11.8 Å². The number of likely N-dealkylation sites (tertiary alicyclic amines) is 1. The highest BCUT2D eigenvalue weighted by Crippen LogP contribution is 2.22. The Labute approximate surface area is 522 Å². The highest BCUT2D eigenvalue weighted by molar-refractivity contribution is 7.98. The van der Waals surface area contributed by atoms with Crippen LogP contribution in [0.15, 0.2) is 24.3 Å². The summed E-state index contributed by atoms with van der Waals surface area (Å²) in [5.41, 5.74) is 5.60. The summed E-state index contributed by atoms with van der Waals surface area (Å²) in [5, 5.41) is 71.1. The molecule has 1 heterocycles. The number of ketones is 1. The average molecular weight is 1290 g/mol. The summed E-state index contributed by atoms with van der Waals surface area (Å²) in [6.45, 7) is 7.16. The van der Waals surface area contributed by atoms with Gasteiger partial charge in [-0.05, 0) is 80.1 Å². The Morgan fingerprint density at radius 1 is 0.600 bits per heavy atom. The van der Waals surface area contributed by atoms with Crippen LogP contribution < -0.4 is 58.9 Å². The van der Waals surface area contributed by atoms with Crippen molar-refractivity contribution in [2.45, 2.75) is 173 Å². The molecule has 1 aromatic rings. The maximum atomic E-state index is 14.4. The number of phenols is 1. The largest absolute Gasteiger partial charge is 0.508 e. The van der Waals surface area contributed by atoms with Crippen molar-refractivity contribution in [1.82, 2.24) is 58.1 Å². The third kappa shape index (κ3) is 26.4. The summed E-state index contributed by atoms with van der Waals surface area (Å²) >= 11 is 1.24. The van der Waals surface area contributed by atoms with Crippen LogP contribution in [0, 0.1) is 11.8 Å². The molecule has 17 N–H and O–H groups in total. The van der Waals surface area contributed by atoms with Crippen LogP contribution in [-0.2, 0) is 83.1 Å². The molecule has 33 nitrogen and oxygen atoms in total. The third-order valence-corrected chi connectivity index (χ3v) is 14.5. The number of carboxylic acids is 3. The van der Waals surface area contributed by atoms with Crippen LogP contribution in [0.5, 0.6) is 5.75 Å². The van der Waals surface area contributed by atoms with Gasteiger partial charge in [-0.1, -0.05) is 53.2 Å². The number of amides is 12. The summed E-state index contributed by atoms with van der Waals surface area (Å²) in [5.74, 6) is -18.7. The monoisotopic (exact) mass is 1290 g/mol. The number of rotatable bonds is 40. The van der Waals surface area contributed by atoms with Gasteiger partial charge in [0, 0.05) is 32.7 Å². The van der Waals surface area contributed by atoms with E-state index in [-0.39, 0.29) is 63.0 Å². The number of nitrogens with zero attached hydrogens (tertiary/aromatic N) is 1. The maximum Gasteiger partial charge on any atom is 0.305 e. The van der Waals surface area contributed by atoms with Crippen LogP contribution in [0.25, 0.3) is 0 Å². The molecular weight excluding hydrogens is 1210 g/mol. The molecule has 0 radical (unpaired) electrons. The fourth-order valence-corrected chi connectivity index (χ4v) is 9.56. The van der Waals surface area contributed by atoms with Crippen LogP contribution in [0.4, 0.5) is 0 Å². The number of Topliss-reactive ketones (excluding diaryl/α,β-unsaturated/α-hetero) is 1. The molecule has 0 bridgehead atoms. The summed E-state index contributed by atoms with van der Waals surface area (Å²) in [7, 11) is 0. The summed E-state index contributed by atoms with van der Waals surface area (Å²) in [6, 6.07) is -9.71. The molecule has 90 heavy (non-hydrogen) atoms. The highest BCUT2D eigenvalue weighted by Gasteiger charge is 2.42. The number of carboxylic acid groups (broad SMARTS) is 3. The molecule has 0 aromatic heterocycles. The highest BCUT2D eigenvalue weighted by atomic mass is 32.2. The quantitative estimate of drug-likeness (QED) is 0.0276. The van der Waals surface area contributed by atoms with Crippen LogP contribution in [0.3, 0.4) is 0 Å². The minimum Gasteiger partial charge on any atom is -0.508 e. The zero-order valence-electron chi connectivity index (χ0n) is 51.0. The predicted octanol–water partition coefficient (Wildman–Crippen LogP) is -4.46. The number of aliphatic carboxylic acids is 3. The number of carbonyl (C=O) groups is 16. The minimum atomic E-state index is -1.90. The van der Waals surface area contributed by atoms with E-state index >= 15 is 0 Å². The Morgan fingerprint density at radius 2 is 1.10 bits per heavy atom. The average Bonchev–Trinajstić information content (AvgIpc) is 2.22. The fraction of sp³-hybridized carbons (Fsp3) is 0.607. The second-order valence-corrected chi connectivity index (χ2v) is 22.9. The van der Waals surface area contributed by atoms with Crippen LogP contribution in [0.1, 0.15) is 111 Å². The topological polar surface area (TPSA) is 524 Å². The number of nitrogens with two attached hydrogens (primary N) is 1. The Morgan fingerprint density at radius 3 is 1.61 bits per heavy atom. The van der Waals surface area contributed by atoms with E-state index in [0.717, 1.165) is 6.92 Å². The first-order chi connectivity index (χ1) is 42.2. The van der Waals surface area contributed by atoms with E-state index in [2.05, 4.69) is 53.2 Å². The van der Waals surface area contributed by atoms with Gasteiger partial charge in [-0.25, -0.2) is 0 Å². The minimum absolute atomic E-state index is 0.00996. The predicted molar refractivity (Wildman–Crippen MR) is 317 cm³/mol. The number of benzene rings is 1. The number of aliphatic hydroxyl groups is 1. The number of carbonyl (C=O) groups excluding carboxylic acids is 13. The number of nitrogens with one attached hydrogen (secondary N) is 10. The summed E-state index contributed by atoms with van der Waals surface area (Å²) in [6.07, 6.45) is -1.36. The van der Waals surface area contributed by atoms with E-state index in [1.54, 1.807) is 40.9 Å². The molecule has 34 heteroatoms. The molecule has 1 saturated heterocycles. The van der Waals surface area contributed by atoms with Crippen molar-refractivity contribution in [3.05, 3.63) is 29.8 Å². The zero-order chi connectivity index (χ0) is 68.1. The van der Waals surface area contributed by atoms with E-state index in [4.69, 9.17) is 10.8 Å². The number of primary amides is 1. The Balaban J connectivity index is 2.24. The third-order valence-electron chi connectivity index (χ3n) is 13.9. The molecule has 1 aliphatic rings. The second-order valence-electron chi connectivity index (χ2n) is 21.9. The van der Waals surface area contributed by atoms with Crippen LogP contribution in [-0.4, -0.2) is 217 Å². The van der Waals surface area contributed by atoms with E-state index in [1.807, 2.05) is 0 Å². The summed E-state index contributed by atoms with van der Waals surface area (Å²) < 4.78 is 0. The van der Waals surface area contributed by atoms with E-state index < -0.39 is 206 Å². The normalized spacial score (nSPS) is 15.7. The molecule has 1 unspecified atom stereocenters. The van der Waals surface area contributed by atoms with Crippen molar-refractivity contribution in [1.29, 1.82) is 0 Å². The fourth-order valence-electron chi connectivity index (χ4n) is 9.08. The first-order valence-corrected chi connectivity index (χ1v) is 30.3. The molecule has 1 aliphatic heterocycles. The maximum absolute atomic E-state index is 14.4. The molecule has 0 spiro atoms. The Hall–Kier alpha value is -8.95. The van der Waals surface area contributed by atoms with Gasteiger partial charge in [-0.2, -0.15) is 11.8 Å². The van der Waals surface area contributed by atoms with E-state index in [1.165, 1.54) is 40.9 Å². The van der Waals surface area contributed by atoms with Gasteiger partial charge in [0.25, 0.3) is 5.91 Å². The van der Waals surface area contributed by atoms with Gasteiger partial charge >= 0.3 is 17.9 Å². The Kier molecular flexibility index (Phi) is 33.0. The van der Waals surface area contributed by atoms with Gasteiger partial charge in [-0.3, -0.25) is 76.7 Å². The SMILES string of the molecule is CCC[C@H](NC(=O)C1CCCN1C(=O)[C@@H](NC(=O)[C@@H](NC(=O)[C@H](CCC(=O)O)NC(=O)[C@H](CCC(=O)O)NC(C)=O)C(C)C)C(C)C)C(=O)C(=O)NCC(=O)N[C@H](CCSC)C(=O)N[C@@H](CC(=O)O)C(=O)N[C@@H](Cc1ccc(O)cc1)C(=O)N[C@@H](CO)C(N)=O. The first kappa shape index (κ1) is 77.1. The lowest BCUT2D eigenvalue weighted by atomic mass is 9.98. The Bertz CT molecular complexity index is 2770. The molecule has 1 fully saturated rings. The van der Waals surface area contributed by atoms with E-state index in [0.29, 0.717) is 5.56 Å². The lowest BCUT2D eigenvalue weighted by molar-refractivity contribution is -0.144. The van der Waals surface area contributed by atoms with Crippen molar-refractivity contribution < 1.29 is 102 Å². The van der Waals surface area contributed by atoms with Gasteiger partial charge in [0.05, 0.1) is 25.6 Å². The number of aromatic hydroxyl groups is 1. The standard InChI is InChI=1S/C56H84N12O21S/c1-8-10-32(46(79)55(88)58-25-40(72)60-35(20-22-90-7)49(82)64-37(24-43(77)78)52(85)63-36(23-30-12-14-31(71)15-13-30)51(84)65-38(26-69)47(57)80)61-53(86)39-11-9-21-68(39)56(89)45(28(4)5)67-54(87)44(27(2)3)66-50(83)34(17-19-42(75)76)62-48(81)33(59-29(6)70)16-18-41(73)74/h12-15,27-28,32-39,44-45,69,71H,8-11,16-26H2,1-7H3,(H2,57,80)(H,58,88)(H,59,70)(H,60,72)(H,61,86)(H,62,81)(H,63,85)(H,64,82)(H,65,84)(H,66,83)(H,67,87)(H,73,74)(H,75,76)(H,77,78)/t32-,33-,34-,35+,36-,37-,38-,39?,44-,45-/m0/s1. The first-order valence-electron chi connectivity index (χ1n) is 28.9. The smallest absolute Gasteiger partial charge is 0.305 e. The van der Waals surface area contributed by atoms with Crippen molar-refractivity contribution >= 4 is 106 Å². The lowest BCUT2D eigenvalue weighted by Crippen LogP contribution is -2.61. The summed E-state index contributed by atoms with van der Waals surface area (Å²) in [4.78, 5) is 210. The second kappa shape index (κ2) is 38.5. The van der Waals surface area contributed by atoms with Crippen LogP contribution in [0.2, 0.25) is 0 Å². The number of phenolic OH excluding ortho intramolecular Hbond substituents is 1. The molecule has 0 saturated carbocycles. The number of hydrogen-bond donors (Lipinski definition) is 16. The van der Waals surface area contributed by atoms with Crippen molar-refractivity contribution in [2.24, 2.45) is 17.6 Å². The van der Waals surface area contributed by atoms with Gasteiger partial charge in [-0.15, -0.1) is 0 Å². The number of thioether (sulfide) groups is 1. The zero-order valence-corrected chi connectivity index (χ0v) is 51.9. The van der Waals surface area contributed by atoms with Crippen molar-refractivity contribution in [3.8, 4) is 5.75 Å². The molecule has 0 aliphatic carbocycles. The van der Waals surface area contributed by atoms with Gasteiger partial charge in [0.15, 0.2) is 0 Å². The molecule has 500 valence electrons. The van der Waals surface area contributed by atoms with Crippen molar-refractivity contribution in [2.75, 3.05) is 31.7 Å². The van der Waals surface area contributed by atoms with Crippen molar-refractivity contribution in [3.63, 3.8) is 0 Å².